The van der Waals surface area contributed by atoms with Crippen LogP contribution in [0.4, 0.5) is 4.79 Å². The van der Waals surface area contributed by atoms with Gasteiger partial charge in [0, 0.05) is 13.1 Å². The third-order valence-electron chi connectivity index (χ3n) is 5.89. The van der Waals surface area contributed by atoms with Crippen molar-refractivity contribution in [2.24, 2.45) is 5.73 Å². The van der Waals surface area contributed by atoms with Gasteiger partial charge in [0.15, 0.2) is 0 Å². The van der Waals surface area contributed by atoms with Gasteiger partial charge in [0.1, 0.15) is 25.0 Å². The summed E-state index contributed by atoms with van der Waals surface area (Å²) in [6, 6.07) is 33.0. The highest BCUT2D eigenvalue weighted by atomic mass is 16.5. The minimum atomic E-state index is -0.959. The van der Waals surface area contributed by atoms with Gasteiger partial charge >= 0.3 is 6.09 Å². The number of amides is 2. The predicted molar refractivity (Wildman–Crippen MR) is 146 cm³/mol. The third-order valence-corrected chi connectivity index (χ3v) is 5.89. The van der Waals surface area contributed by atoms with Crippen LogP contribution in [0.5, 0.6) is 5.75 Å². The number of rotatable bonds is 11. The Bertz CT molecular complexity index is 1310. The number of nitrogens with one attached hydrogen (secondary N) is 2. The number of nitrogens with two attached hydrogens (primary N) is 1. The van der Waals surface area contributed by atoms with E-state index in [0.717, 1.165) is 22.3 Å². The molecular formula is C31H31N3O4. The lowest BCUT2D eigenvalue weighted by molar-refractivity contribution is -0.123. The largest absolute Gasteiger partial charge is 0.489 e. The highest BCUT2D eigenvalue weighted by Gasteiger charge is 2.23. The molecule has 38 heavy (non-hydrogen) atoms. The fourth-order valence-electron chi connectivity index (χ4n) is 3.84. The summed E-state index contributed by atoms with van der Waals surface area (Å²) in [7, 11) is 0. The lowest BCUT2D eigenvalue weighted by Crippen LogP contribution is -2.40. The Morgan fingerprint density at radius 2 is 1.32 bits per heavy atom. The maximum absolute atomic E-state index is 13.2. The molecule has 4 N–H and O–H groups in total. The van der Waals surface area contributed by atoms with Crippen molar-refractivity contribution in [2.45, 2.75) is 32.3 Å². The van der Waals surface area contributed by atoms with Crippen molar-refractivity contribution in [1.29, 1.82) is 0 Å². The maximum atomic E-state index is 13.2. The molecule has 0 fully saturated rings. The summed E-state index contributed by atoms with van der Waals surface area (Å²) in [6.07, 6.45) is -0.691. The molecule has 0 saturated heterocycles. The van der Waals surface area contributed by atoms with Crippen molar-refractivity contribution in [2.75, 3.05) is 0 Å². The van der Waals surface area contributed by atoms with Crippen LogP contribution in [0.25, 0.3) is 0 Å². The molecule has 0 aliphatic carbocycles. The van der Waals surface area contributed by atoms with E-state index in [2.05, 4.69) is 10.6 Å². The summed E-state index contributed by atoms with van der Waals surface area (Å²) in [6.45, 7) is 1.23. The van der Waals surface area contributed by atoms with Crippen molar-refractivity contribution in [3.05, 3.63) is 137 Å². The van der Waals surface area contributed by atoms with Gasteiger partial charge < -0.3 is 25.8 Å². The van der Waals surface area contributed by atoms with Gasteiger partial charge in [-0.15, -0.1) is 0 Å². The Morgan fingerprint density at radius 3 is 1.97 bits per heavy atom. The first-order chi connectivity index (χ1) is 18.6. The molecule has 0 radical (unpaired) electrons. The summed E-state index contributed by atoms with van der Waals surface area (Å²) in [5, 5.41) is 5.61. The Hall–Kier alpha value is -4.62. The van der Waals surface area contributed by atoms with E-state index in [-0.39, 0.29) is 12.5 Å². The average Bonchev–Trinajstić information content (AvgIpc) is 2.98. The number of benzene rings is 4. The fraction of sp³-hybridized carbons (Fsp3) is 0.161. The molecule has 0 unspecified atom stereocenters. The predicted octanol–water partition coefficient (Wildman–Crippen LogP) is 5.01. The quantitative estimate of drug-likeness (QED) is 0.264. The van der Waals surface area contributed by atoms with Gasteiger partial charge in [0.25, 0.3) is 0 Å². The van der Waals surface area contributed by atoms with Crippen LogP contribution in [0, 0.1) is 0 Å². The average molecular weight is 510 g/mol. The van der Waals surface area contributed by atoms with Crippen LogP contribution in [0.2, 0.25) is 0 Å². The van der Waals surface area contributed by atoms with Crippen LogP contribution in [0.15, 0.2) is 109 Å². The van der Waals surface area contributed by atoms with E-state index in [1.807, 2.05) is 84.9 Å². The van der Waals surface area contributed by atoms with Crippen LogP contribution in [0.1, 0.15) is 33.9 Å². The molecule has 0 aromatic heterocycles. The zero-order valence-corrected chi connectivity index (χ0v) is 21.0. The molecule has 0 bridgehead atoms. The number of ether oxygens (including phenoxy) is 2. The van der Waals surface area contributed by atoms with Gasteiger partial charge in [-0.05, 0) is 39.9 Å². The smallest absolute Gasteiger partial charge is 0.408 e. The van der Waals surface area contributed by atoms with E-state index < -0.39 is 12.1 Å². The lowest BCUT2D eigenvalue weighted by Gasteiger charge is -2.19. The molecule has 0 heterocycles. The molecule has 0 aliphatic rings. The highest BCUT2D eigenvalue weighted by Crippen LogP contribution is 2.20. The van der Waals surface area contributed by atoms with Crippen LogP contribution >= 0.6 is 0 Å². The Kier molecular flexibility index (Phi) is 9.48. The van der Waals surface area contributed by atoms with Crippen molar-refractivity contribution < 1.29 is 19.1 Å². The zero-order valence-electron chi connectivity index (χ0n) is 21.0. The SMILES string of the molecule is NCc1cccc(CNC(=O)[C@H](NC(=O)OCc2ccccc2)c2ccc(OCc3ccccc3)cc2)c1. The molecular weight excluding hydrogens is 478 g/mol. The molecule has 0 saturated carbocycles. The van der Waals surface area contributed by atoms with Gasteiger partial charge in [0.05, 0.1) is 0 Å². The van der Waals surface area contributed by atoms with E-state index in [9.17, 15) is 9.59 Å². The molecule has 0 spiro atoms. The summed E-state index contributed by atoms with van der Waals surface area (Å²) < 4.78 is 11.2. The topological polar surface area (TPSA) is 103 Å². The number of hydrogen-bond acceptors (Lipinski definition) is 5. The Labute approximate surface area is 222 Å². The van der Waals surface area contributed by atoms with E-state index in [4.69, 9.17) is 15.2 Å². The fourth-order valence-corrected chi connectivity index (χ4v) is 3.84. The molecule has 194 valence electrons. The van der Waals surface area contributed by atoms with Crippen molar-refractivity contribution in [3.8, 4) is 5.75 Å². The maximum Gasteiger partial charge on any atom is 0.408 e. The summed E-state index contributed by atoms with van der Waals surface area (Å²) in [5.41, 5.74) is 10.1. The van der Waals surface area contributed by atoms with Crippen molar-refractivity contribution in [3.63, 3.8) is 0 Å². The summed E-state index contributed by atoms with van der Waals surface area (Å²) in [5.74, 6) is 0.291. The van der Waals surface area contributed by atoms with E-state index in [1.54, 1.807) is 24.3 Å². The van der Waals surface area contributed by atoms with Crippen LogP contribution in [-0.2, 0) is 35.8 Å². The highest BCUT2D eigenvalue weighted by molar-refractivity contribution is 5.86. The second kappa shape index (κ2) is 13.6. The zero-order chi connectivity index (χ0) is 26.6. The van der Waals surface area contributed by atoms with E-state index in [1.165, 1.54) is 0 Å². The molecule has 7 heteroatoms. The second-order valence-corrected chi connectivity index (χ2v) is 8.72. The lowest BCUT2D eigenvalue weighted by atomic mass is 10.1. The summed E-state index contributed by atoms with van der Waals surface area (Å²) in [4.78, 5) is 25.9. The van der Waals surface area contributed by atoms with Crippen LogP contribution < -0.4 is 21.1 Å². The number of alkyl carbamates (subject to hydrolysis) is 1. The molecule has 2 amide bonds. The molecule has 1 atom stereocenters. The number of carbonyl (C=O) groups excluding carboxylic acids is 2. The Morgan fingerprint density at radius 1 is 0.711 bits per heavy atom. The van der Waals surface area contributed by atoms with Crippen LogP contribution in [-0.4, -0.2) is 12.0 Å². The van der Waals surface area contributed by atoms with Gasteiger partial charge in [-0.2, -0.15) is 0 Å². The third kappa shape index (κ3) is 7.94. The number of carbonyl (C=O) groups is 2. The normalized spacial score (nSPS) is 11.3. The monoisotopic (exact) mass is 509 g/mol. The molecule has 4 aromatic rings. The first-order valence-electron chi connectivity index (χ1n) is 12.4. The first-order valence-corrected chi connectivity index (χ1v) is 12.4. The van der Waals surface area contributed by atoms with Crippen LogP contribution in [0.3, 0.4) is 0 Å². The summed E-state index contributed by atoms with van der Waals surface area (Å²) >= 11 is 0. The second-order valence-electron chi connectivity index (χ2n) is 8.72. The Balaban J connectivity index is 1.43. The minimum Gasteiger partial charge on any atom is -0.489 e. The number of hydrogen-bond donors (Lipinski definition) is 3. The van der Waals surface area contributed by atoms with Gasteiger partial charge in [-0.1, -0.05) is 97.1 Å². The standard InChI is InChI=1S/C31H31N3O4/c32-19-25-12-7-13-26(18-25)20-33-30(35)29(34-31(36)38-22-24-10-5-2-6-11-24)27-14-16-28(17-15-27)37-21-23-8-3-1-4-9-23/h1-18,29H,19-22,32H2,(H,33,35)(H,34,36)/t29-/m1/s1. The van der Waals surface area contributed by atoms with Crippen molar-refractivity contribution in [1.82, 2.24) is 10.6 Å². The van der Waals surface area contributed by atoms with Gasteiger partial charge in [-0.3, -0.25) is 4.79 Å². The molecule has 4 rings (SSSR count). The van der Waals surface area contributed by atoms with E-state index >= 15 is 0 Å². The molecule has 0 aliphatic heterocycles. The molecule has 4 aromatic carbocycles. The molecule has 7 nitrogen and oxygen atoms in total. The van der Waals surface area contributed by atoms with Gasteiger partial charge in [0.2, 0.25) is 5.91 Å². The first kappa shape index (κ1) is 26.4. The minimum absolute atomic E-state index is 0.0964. The van der Waals surface area contributed by atoms with Crippen molar-refractivity contribution >= 4 is 12.0 Å². The van der Waals surface area contributed by atoms with E-state index in [0.29, 0.717) is 31.0 Å². The van der Waals surface area contributed by atoms with Gasteiger partial charge in [-0.25, -0.2) is 4.79 Å².